The van der Waals surface area contributed by atoms with Gasteiger partial charge in [0.15, 0.2) is 0 Å². The average Bonchev–Trinajstić information content (AvgIpc) is 2.05. The van der Waals surface area contributed by atoms with Gasteiger partial charge in [-0.2, -0.15) is 0 Å². The molecule has 0 saturated carbocycles. The first kappa shape index (κ1) is 12.0. The van der Waals surface area contributed by atoms with Crippen LogP contribution in [0.25, 0.3) is 0 Å². The minimum absolute atomic E-state index is 0.0356. The Labute approximate surface area is 89.4 Å². The third-order valence-corrected chi connectivity index (χ3v) is 2.56. The summed E-state index contributed by atoms with van der Waals surface area (Å²) in [6, 6.07) is -0.111. The van der Waals surface area contributed by atoms with Crippen molar-refractivity contribution < 1.29 is 14.7 Å². The number of hydrogen-bond donors (Lipinski definition) is 2. The Bertz CT molecular complexity index is 270. The highest BCUT2D eigenvalue weighted by atomic mass is 16.4. The van der Waals surface area contributed by atoms with Crippen molar-refractivity contribution in [3.63, 3.8) is 0 Å². The fourth-order valence-electron chi connectivity index (χ4n) is 1.85. The van der Waals surface area contributed by atoms with E-state index in [9.17, 15) is 9.59 Å². The van der Waals surface area contributed by atoms with Gasteiger partial charge in [0.05, 0.1) is 13.0 Å². The van der Waals surface area contributed by atoms with Crippen LogP contribution in [-0.4, -0.2) is 46.6 Å². The molecule has 0 spiro atoms. The lowest BCUT2D eigenvalue weighted by Crippen LogP contribution is -2.60. The van der Waals surface area contributed by atoms with Crippen LogP contribution in [0, 0.1) is 0 Å². The molecule has 0 aliphatic carbocycles. The van der Waals surface area contributed by atoms with E-state index in [0.717, 1.165) is 0 Å². The summed E-state index contributed by atoms with van der Waals surface area (Å²) in [6.45, 7) is 6.66. The molecule has 0 radical (unpaired) electrons. The van der Waals surface area contributed by atoms with Gasteiger partial charge in [0.1, 0.15) is 0 Å². The van der Waals surface area contributed by atoms with Gasteiger partial charge in [-0.05, 0) is 20.8 Å². The van der Waals surface area contributed by atoms with Crippen LogP contribution in [0.4, 0.5) is 0 Å². The number of nitrogens with one attached hydrogen (secondary N) is 1. The number of carbonyl (C=O) groups is 2. The highest BCUT2D eigenvalue weighted by Gasteiger charge is 2.35. The van der Waals surface area contributed by atoms with Crippen LogP contribution in [0.2, 0.25) is 0 Å². The second kappa shape index (κ2) is 4.18. The molecule has 15 heavy (non-hydrogen) atoms. The van der Waals surface area contributed by atoms with Gasteiger partial charge in [-0.1, -0.05) is 0 Å². The second-order valence-electron chi connectivity index (χ2n) is 4.85. The number of piperazine rings is 1. The zero-order valence-corrected chi connectivity index (χ0v) is 9.41. The minimum Gasteiger partial charge on any atom is -0.481 e. The summed E-state index contributed by atoms with van der Waals surface area (Å²) in [4.78, 5) is 23.9. The number of hydrogen-bond acceptors (Lipinski definition) is 3. The molecule has 1 rings (SSSR count). The van der Waals surface area contributed by atoms with Crippen molar-refractivity contribution in [2.45, 2.75) is 38.8 Å². The van der Waals surface area contributed by atoms with Crippen molar-refractivity contribution in [2.24, 2.45) is 0 Å². The predicted molar refractivity (Wildman–Crippen MR) is 55.5 cm³/mol. The summed E-state index contributed by atoms with van der Waals surface area (Å²) in [5.74, 6) is -0.864. The zero-order valence-electron chi connectivity index (χ0n) is 9.41. The topological polar surface area (TPSA) is 69.6 Å². The quantitative estimate of drug-likeness (QED) is 0.682. The first-order chi connectivity index (χ1) is 6.80. The lowest BCUT2D eigenvalue weighted by Gasteiger charge is -2.43. The van der Waals surface area contributed by atoms with E-state index in [4.69, 9.17) is 5.11 Å². The van der Waals surface area contributed by atoms with E-state index in [0.29, 0.717) is 6.54 Å². The van der Waals surface area contributed by atoms with Crippen LogP contribution in [-0.2, 0) is 9.59 Å². The Morgan fingerprint density at radius 3 is 2.67 bits per heavy atom. The molecule has 5 heteroatoms. The Morgan fingerprint density at radius 1 is 1.60 bits per heavy atom. The van der Waals surface area contributed by atoms with Crippen molar-refractivity contribution in [3.8, 4) is 0 Å². The summed E-state index contributed by atoms with van der Waals surface area (Å²) < 4.78 is 0. The zero-order chi connectivity index (χ0) is 11.6. The predicted octanol–water partition coefficient (Wildman–Crippen LogP) is 0.0600. The van der Waals surface area contributed by atoms with E-state index in [2.05, 4.69) is 5.32 Å². The summed E-state index contributed by atoms with van der Waals surface area (Å²) in [5.41, 5.74) is -0.183. The summed E-state index contributed by atoms with van der Waals surface area (Å²) in [6.07, 6.45) is 0.0670. The monoisotopic (exact) mass is 214 g/mol. The molecule has 0 aromatic carbocycles. The van der Waals surface area contributed by atoms with Crippen molar-refractivity contribution >= 4 is 11.9 Å². The van der Waals surface area contributed by atoms with Crippen LogP contribution in [0.5, 0.6) is 0 Å². The number of carboxylic acid groups (broad SMARTS) is 1. The van der Waals surface area contributed by atoms with Gasteiger partial charge >= 0.3 is 5.97 Å². The van der Waals surface area contributed by atoms with E-state index in [-0.39, 0.29) is 30.5 Å². The molecular weight excluding hydrogens is 196 g/mol. The number of carbonyl (C=O) groups excluding carboxylic acids is 1. The van der Waals surface area contributed by atoms with Gasteiger partial charge < -0.3 is 10.4 Å². The van der Waals surface area contributed by atoms with Crippen molar-refractivity contribution in [3.05, 3.63) is 0 Å². The van der Waals surface area contributed by atoms with Gasteiger partial charge in [0.25, 0.3) is 0 Å². The fraction of sp³-hybridized carbons (Fsp3) is 0.800. The summed E-state index contributed by atoms with van der Waals surface area (Å²) in [7, 11) is 0. The standard InChI is InChI=1S/C10H18N2O3/c1-10(2,3)12-6-8(13)11-5-7(12)4-9(14)15/h7H,4-6H2,1-3H3,(H,11,13)(H,14,15). The van der Waals surface area contributed by atoms with Gasteiger partial charge in [-0.25, -0.2) is 0 Å². The van der Waals surface area contributed by atoms with Crippen LogP contribution in [0.3, 0.4) is 0 Å². The van der Waals surface area contributed by atoms with Crippen molar-refractivity contribution in [1.82, 2.24) is 10.2 Å². The van der Waals surface area contributed by atoms with Crippen LogP contribution < -0.4 is 5.32 Å². The molecule has 0 aromatic heterocycles. The Balaban J connectivity index is 2.75. The Kier molecular flexibility index (Phi) is 3.34. The maximum Gasteiger partial charge on any atom is 0.305 e. The lowest BCUT2D eigenvalue weighted by atomic mass is 9.99. The maximum absolute atomic E-state index is 11.3. The molecule has 1 unspecified atom stereocenters. The second-order valence-corrected chi connectivity index (χ2v) is 4.85. The van der Waals surface area contributed by atoms with Crippen LogP contribution in [0.15, 0.2) is 0 Å². The maximum atomic E-state index is 11.3. The van der Waals surface area contributed by atoms with Crippen molar-refractivity contribution in [1.29, 1.82) is 0 Å². The minimum atomic E-state index is -0.828. The molecule has 1 atom stereocenters. The van der Waals surface area contributed by atoms with Gasteiger partial charge in [-0.3, -0.25) is 14.5 Å². The largest absolute Gasteiger partial charge is 0.481 e. The number of nitrogens with zero attached hydrogens (tertiary/aromatic N) is 1. The number of rotatable bonds is 2. The summed E-state index contributed by atoms with van der Waals surface area (Å²) >= 11 is 0. The molecule has 1 heterocycles. The highest BCUT2D eigenvalue weighted by molar-refractivity contribution is 5.79. The normalized spacial score (nSPS) is 23.7. The number of aliphatic carboxylic acids is 1. The van der Waals surface area contributed by atoms with Crippen LogP contribution >= 0.6 is 0 Å². The first-order valence-electron chi connectivity index (χ1n) is 5.06. The Morgan fingerprint density at radius 2 is 2.20 bits per heavy atom. The third kappa shape index (κ3) is 3.20. The molecule has 5 nitrogen and oxygen atoms in total. The third-order valence-electron chi connectivity index (χ3n) is 2.56. The van der Waals surface area contributed by atoms with E-state index in [1.165, 1.54) is 0 Å². The van der Waals surface area contributed by atoms with E-state index >= 15 is 0 Å². The van der Waals surface area contributed by atoms with E-state index in [1.807, 2.05) is 25.7 Å². The molecule has 0 bridgehead atoms. The van der Waals surface area contributed by atoms with E-state index < -0.39 is 5.97 Å². The van der Waals surface area contributed by atoms with E-state index in [1.54, 1.807) is 0 Å². The first-order valence-corrected chi connectivity index (χ1v) is 5.06. The highest BCUT2D eigenvalue weighted by Crippen LogP contribution is 2.20. The number of amides is 1. The van der Waals surface area contributed by atoms with Crippen molar-refractivity contribution in [2.75, 3.05) is 13.1 Å². The molecule has 1 saturated heterocycles. The molecule has 1 fully saturated rings. The molecule has 0 aromatic rings. The molecule has 86 valence electrons. The smallest absolute Gasteiger partial charge is 0.305 e. The van der Waals surface area contributed by atoms with Crippen LogP contribution in [0.1, 0.15) is 27.2 Å². The SMILES string of the molecule is CC(C)(C)N1CC(=O)NCC1CC(=O)O. The molecule has 1 amide bonds. The molecule has 1 aliphatic rings. The van der Waals surface area contributed by atoms with Gasteiger partial charge in [0, 0.05) is 18.1 Å². The number of carboxylic acids is 1. The molecular formula is C10H18N2O3. The van der Waals surface area contributed by atoms with Gasteiger partial charge in [-0.15, -0.1) is 0 Å². The lowest BCUT2D eigenvalue weighted by molar-refractivity contribution is -0.141. The molecule has 1 aliphatic heterocycles. The Hall–Kier alpha value is -1.10. The summed E-state index contributed by atoms with van der Waals surface area (Å²) in [5, 5.41) is 11.5. The fourth-order valence-corrected chi connectivity index (χ4v) is 1.85. The van der Waals surface area contributed by atoms with Gasteiger partial charge in [0.2, 0.25) is 5.91 Å². The molecule has 2 N–H and O–H groups in total. The average molecular weight is 214 g/mol.